The zero-order valence-corrected chi connectivity index (χ0v) is 15.6. The first-order valence-corrected chi connectivity index (χ1v) is 8.54. The second-order valence-corrected chi connectivity index (χ2v) is 6.17. The molecule has 3 rings (SSSR count). The zero-order valence-electron chi connectivity index (χ0n) is 15.6. The lowest BCUT2D eigenvalue weighted by Crippen LogP contribution is -2.45. The highest BCUT2D eigenvalue weighted by atomic mass is 16.5. The number of fused-ring (bicyclic) bond motifs is 1. The first-order chi connectivity index (χ1) is 13.0. The molecule has 142 valence electrons. The van der Waals surface area contributed by atoms with Crippen molar-refractivity contribution < 1.29 is 23.8 Å². The quantitative estimate of drug-likeness (QED) is 0.842. The molecule has 2 amide bonds. The number of rotatable bonds is 6. The molecule has 1 N–H and O–H groups in total. The smallest absolute Gasteiger partial charge is 0.265 e. The average Bonchev–Trinajstić information content (AvgIpc) is 2.68. The number of hydrogen-bond acceptors (Lipinski definition) is 5. The molecule has 0 aliphatic carbocycles. The van der Waals surface area contributed by atoms with E-state index >= 15 is 0 Å². The van der Waals surface area contributed by atoms with Crippen LogP contribution in [-0.2, 0) is 16.1 Å². The number of nitrogens with one attached hydrogen (secondary N) is 1. The summed E-state index contributed by atoms with van der Waals surface area (Å²) in [5.41, 5.74) is 2.41. The molecule has 0 spiro atoms. The molecule has 27 heavy (non-hydrogen) atoms. The summed E-state index contributed by atoms with van der Waals surface area (Å²) in [6.45, 7) is 2.05. The number of carbonyl (C=O) groups excluding carboxylic acids is 2. The van der Waals surface area contributed by atoms with Crippen LogP contribution in [0.1, 0.15) is 11.1 Å². The Morgan fingerprint density at radius 3 is 2.78 bits per heavy atom. The van der Waals surface area contributed by atoms with Crippen LogP contribution < -0.4 is 24.4 Å². The van der Waals surface area contributed by atoms with Crippen molar-refractivity contribution >= 4 is 17.5 Å². The number of carbonyl (C=O) groups is 2. The van der Waals surface area contributed by atoms with E-state index in [-0.39, 0.29) is 31.5 Å². The van der Waals surface area contributed by atoms with Crippen molar-refractivity contribution in [1.29, 1.82) is 0 Å². The van der Waals surface area contributed by atoms with E-state index in [4.69, 9.17) is 14.2 Å². The van der Waals surface area contributed by atoms with E-state index in [1.807, 2.05) is 31.2 Å². The van der Waals surface area contributed by atoms with E-state index < -0.39 is 0 Å². The number of ether oxygens (including phenoxy) is 3. The summed E-state index contributed by atoms with van der Waals surface area (Å²) in [6.07, 6.45) is 0. The van der Waals surface area contributed by atoms with E-state index in [1.165, 1.54) is 4.90 Å². The first-order valence-electron chi connectivity index (χ1n) is 8.54. The van der Waals surface area contributed by atoms with E-state index in [9.17, 15) is 9.59 Å². The van der Waals surface area contributed by atoms with Crippen LogP contribution in [0, 0.1) is 6.92 Å². The van der Waals surface area contributed by atoms with Gasteiger partial charge in [-0.2, -0.15) is 0 Å². The van der Waals surface area contributed by atoms with Gasteiger partial charge in [0.05, 0.1) is 19.9 Å². The predicted molar refractivity (Wildman–Crippen MR) is 100 cm³/mol. The Bertz CT molecular complexity index is 865. The normalized spacial score (nSPS) is 12.9. The number of nitrogens with zero attached hydrogens (tertiary/aromatic N) is 1. The third kappa shape index (κ3) is 3.97. The molecule has 1 aliphatic heterocycles. The average molecular weight is 370 g/mol. The summed E-state index contributed by atoms with van der Waals surface area (Å²) in [4.78, 5) is 26.1. The van der Waals surface area contributed by atoms with Crippen LogP contribution in [0.5, 0.6) is 17.2 Å². The maximum absolute atomic E-state index is 12.4. The zero-order chi connectivity index (χ0) is 19.4. The molecule has 1 heterocycles. The fourth-order valence-electron chi connectivity index (χ4n) is 2.97. The number of methoxy groups -OCH3 is 2. The molecule has 7 heteroatoms. The minimum atomic E-state index is -0.276. The van der Waals surface area contributed by atoms with Crippen LogP contribution in [0.3, 0.4) is 0 Å². The highest BCUT2D eigenvalue weighted by Crippen LogP contribution is 2.33. The second kappa shape index (κ2) is 7.99. The van der Waals surface area contributed by atoms with E-state index in [0.717, 1.165) is 11.1 Å². The van der Waals surface area contributed by atoms with Gasteiger partial charge in [-0.05, 0) is 30.7 Å². The van der Waals surface area contributed by atoms with E-state index in [0.29, 0.717) is 22.9 Å². The Hall–Kier alpha value is -3.22. The molecule has 0 saturated heterocycles. The monoisotopic (exact) mass is 370 g/mol. The molecule has 0 radical (unpaired) electrons. The van der Waals surface area contributed by atoms with Gasteiger partial charge in [-0.1, -0.05) is 18.2 Å². The minimum absolute atomic E-state index is 0.0760. The molecule has 0 saturated carbocycles. The van der Waals surface area contributed by atoms with Crippen molar-refractivity contribution in [1.82, 2.24) is 5.32 Å². The molecule has 0 aromatic heterocycles. The van der Waals surface area contributed by atoms with Crippen LogP contribution >= 0.6 is 0 Å². The molecule has 0 atom stereocenters. The van der Waals surface area contributed by atoms with Crippen molar-refractivity contribution in [2.45, 2.75) is 13.5 Å². The third-order valence-electron chi connectivity index (χ3n) is 4.32. The van der Waals surface area contributed by atoms with Gasteiger partial charge < -0.3 is 19.5 Å². The van der Waals surface area contributed by atoms with Crippen LogP contribution in [-0.4, -0.2) is 39.2 Å². The number of amides is 2. The van der Waals surface area contributed by atoms with Crippen LogP contribution in [0.4, 0.5) is 5.69 Å². The maximum atomic E-state index is 12.4. The van der Waals surface area contributed by atoms with Gasteiger partial charge in [0.2, 0.25) is 5.91 Å². The Morgan fingerprint density at radius 1 is 1.22 bits per heavy atom. The van der Waals surface area contributed by atoms with Gasteiger partial charge in [0, 0.05) is 12.1 Å². The Kier molecular flexibility index (Phi) is 5.49. The third-order valence-corrected chi connectivity index (χ3v) is 4.32. The number of anilines is 1. The lowest BCUT2D eigenvalue weighted by molar-refractivity contribution is -0.125. The van der Waals surface area contributed by atoms with Gasteiger partial charge in [-0.15, -0.1) is 0 Å². The number of benzene rings is 2. The summed E-state index contributed by atoms with van der Waals surface area (Å²) in [6, 6.07) is 11.0. The summed E-state index contributed by atoms with van der Waals surface area (Å²) in [5, 5.41) is 2.83. The van der Waals surface area contributed by atoms with Gasteiger partial charge in [-0.25, -0.2) is 0 Å². The standard InChI is InChI=1S/C20H22N2O5/c1-13-7-8-15-17(9-13)27-12-19(24)22(15)11-18(23)21-10-14-5-4-6-16(25-2)20(14)26-3/h4-9H,10-12H2,1-3H3,(H,21,23). The van der Waals surface area contributed by atoms with Crippen LogP contribution in [0.15, 0.2) is 36.4 Å². The van der Waals surface area contributed by atoms with Crippen molar-refractivity contribution in [3.63, 3.8) is 0 Å². The van der Waals surface area contributed by atoms with E-state index in [2.05, 4.69) is 5.32 Å². The number of para-hydroxylation sites is 1. The minimum Gasteiger partial charge on any atom is -0.493 e. The topological polar surface area (TPSA) is 77.1 Å². The largest absolute Gasteiger partial charge is 0.493 e. The lowest BCUT2D eigenvalue weighted by Gasteiger charge is -2.29. The maximum Gasteiger partial charge on any atom is 0.265 e. The second-order valence-electron chi connectivity index (χ2n) is 6.17. The van der Waals surface area contributed by atoms with Crippen molar-refractivity contribution in [3.8, 4) is 17.2 Å². The van der Waals surface area contributed by atoms with Crippen LogP contribution in [0.2, 0.25) is 0 Å². The first kappa shape index (κ1) is 18.6. The molecule has 0 fully saturated rings. The molecule has 1 aliphatic rings. The molecule has 0 unspecified atom stereocenters. The Morgan fingerprint density at radius 2 is 2.04 bits per heavy atom. The summed E-state index contributed by atoms with van der Waals surface area (Å²) in [5.74, 6) is 1.25. The number of aryl methyl sites for hydroxylation is 1. The summed E-state index contributed by atoms with van der Waals surface area (Å²) in [7, 11) is 3.11. The molecule has 2 aromatic carbocycles. The SMILES string of the molecule is COc1cccc(CNC(=O)CN2C(=O)COc3cc(C)ccc32)c1OC. The van der Waals surface area contributed by atoms with Gasteiger partial charge >= 0.3 is 0 Å². The van der Waals surface area contributed by atoms with Gasteiger partial charge in [-0.3, -0.25) is 14.5 Å². The van der Waals surface area contributed by atoms with E-state index in [1.54, 1.807) is 26.4 Å². The molecular weight excluding hydrogens is 348 g/mol. The number of hydrogen-bond donors (Lipinski definition) is 1. The van der Waals surface area contributed by atoms with Crippen molar-refractivity contribution in [3.05, 3.63) is 47.5 Å². The Balaban J connectivity index is 1.69. The van der Waals surface area contributed by atoms with Gasteiger partial charge in [0.15, 0.2) is 18.1 Å². The Labute approximate surface area is 157 Å². The highest BCUT2D eigenvalue weighted by Gasteiger charge is 2.27. The molecule has 0 bridgehead atoms. The fraction of sp³-hybridized carbons (Fsp3) is 0.300. The highest BCUT2D eigenvalue weighted by molar-refractivity contribution is 6.02. The molecular formula is C20H22N2O5. The van der Waals surface area contributed by atoms with Crippen LogP contribution in [0.25, 0.3) is 0 Å². The summed E-state index contributed by atoms with van der Waals surface area (Å²) < 4.78 is 16.1. The lowest BCUT2D eigenvalue weighted by atomic mass is 10.1. The summed E-state index contributed by atoms with van der Waals surface area (Å²) >= 11 is 0. The van der Waals surface area contributed by atoms with Crippen molar-refractivity contribution in [2.24, 2.45) is 0 Å². The fourth-order valence-corrected chi connectivity index (χ4v) is 2.97. The van der Waals surface area contributed by atoms with Gasteiger partial charge in [0.1, 0.15) is 12.3 Å². The predicted octanol–water partition coefficient (Wildman–Crippen LogP) is 2.05. The molecule has 7 nitrogen and oxygen atoms in total. The van der Waals surface area contributed by atoms with Gasteiger partial charge in [0.25, 0.3) is 5.91 Å². The van der Waals surface area contributed by atoms with Crippen molar-refractivity contribution in [2.75, 3.05) is 32.3 Å². The molecule has 2 aromatic rings.